The number of nitrogens with one attached hydrogen (secondary N) is 1. The molecule has 0 aromatic carbocycles. The zero-order valence-electron chi connectivity index (χ0n) is 11.5. The number of rotatable bonds is 5. The van der Waals surface area contributed by atoms with E-state index >= 15 is 0 Å². The lowest BCUT2D eigenvalue weighted by Gasteiger charge is -2.03. The number of aliphatic carboxylic acids is 1. The third-order valence-corrected chi connectivity index (χ3v) is 4.71. The summed E-state index contributed by atoms with van der Waals surface area (Å²) in [4.78, 5) is 28.4. The monoisotopic (exact) mass is 322 g/mol. The Morgan fingerprint density at radius 3 is 2.81 bits per heavy atom. The van der Waals surface area contributed by atoms with E-state index in [0.29, 0.717) is 11.4 Å². The molecule has 0 atom stereocenters. The highest BCUT2D eigenvalue weighted by Crippen LogP contribution is 2.20. The van der Waals surface area contributed by atoms with E-state index in [0.717, 1.165) is 27.2 Å². The zero-order valence-corrected chi connectivity index (χ0v) is 13.2. The molecule has 110 valence electrons. The zero-order chi connectivity index (χ0) is 15.4. The predicted molar refractivity (Wildman–Crippen MR) is 83.7 cm³/mol. The number of aromatic nitrogens is 1. The lowest BCUT2D eigenvalue weighted by molar-refractivity contribution is -0.131. The Bertz CT molecular complexity index is 701. The molecule has 1 amide bonds. The molecule has 2 N–H and O–H groups in total. The smallest absolute Gasteiger partial charge is 0.328 e. The minimum absolute atomic E-state index is 0.153. The van der Waals surface area contributed by atoms with E-state index in [-0.39, 0.29) is 5.91 Å². The molecule has 2 aromatic rings. The van der Waals surface area contributed by atoms with Gasteiger partial charge in [0.15, 0.2) is 0 Å². The second-order valence-electron chi connectivity index (χ2n) is 4.30. The fraction of sp³-hybridized carbons (Fsp3) is 0.214. The van der Waals surface area contributed by atoms with Gasteiger partial charge in [-0.15, -0.1) is 22.7 Å². The number of thiophene rings is 1. The highest BCUT2D eigenvalue weighted by atomic mass is 32.1. The van der Waals surface area contributed by atoms with E-state index in [9.17, 15) is 9.59 Å². The van der Waals surface area contributed by atoms with Gasteiger partial charge in [0.05, 0.1) is 17.2 Å². The largest absolute Gasteiger partial charge is 0.478 e. The number of amides is 1. The number of hydrogen-bond acceptors (Lipinski definition) is 5. The maximum Gasteiger partial charge on any atom is 0.328 e. The fourth-order valence-corrected chi connectivity index (χ4v) is 3.43. The van der Waals surface area contributed by atoms with Crippen LogP contribution in [0.2, 0.25) is 0 Å². The van der Waals surface area contributed by atoms with Crippen LogP contribution in [0, 0.1) is 13.8 Å². The summed E-state index contributed by atoms with van der Waals surface area (Å²) in [6, 6.07) is 1.83. The van der Waals surface area contributed by atoms with Crippen molar-refractivity contribution in [2.45, 2.75) is 20.4 Å². The highest BCUT2D eigenvalue weighted by Gasteiger charge is 2.14. The maximum atomic E-state index is 12.1. The molecular formula is C14H14N2O3S2. The van der Waals surface area contributed by atoms with Crippen molar-refractivity contribution in [2.75, 3.05) is 0 Å². The first kappa shape index (κ1) is 15.4. The van der Waals surface area contributed by atoms with Crippen molar-refractivity contribution in [1.82, 2.24) is 10.3 Å². The van der Waals surface area contributed by atoms with Crippen LogP contribution < -0.4 is 5.32 Å². The van der Waals surface area contributed by atoms with Gasteiger partial charge < -0.3 is 10.4 Å². The molecule has 0 aliphatic rings. The Morgan fingerprint density at radius 2 is 2.19 bits per heavy atom. The van der Waals surface area contributed by atoms with Crippen molar-refractivity contribution >= 4 is 40.6 Å². The first-order valence-corrected chi connectivity index (χ1v) is 7.86. The summed E-state index contributed by atoms with van der Waals surface area (Å²) in [7, 11) is 0. The number of carbonyl (C=O) groups excluding carboxylic acids is 1. The maximum absolute atomic E-state index is 12.1. The molecule has 5 nitrogen and oxygen atoms in total. The van der Waals surface area contributed by atoms with Gasteiger partial charge in [-0.1, -0.05) is 0 Å². The van der Waals surface area contributed by atoms with Gasteiger partial charge in [0.1, 0.15) is 4.88 Å². The molecule has 7 heteroatoms. The van der Waals surface area contributed by atoms with E-state index in [1.165, 1.54) is 28.7 Å². The van der Waals surface area contributed by atoms with E-state index in [2.05, 4.69) is 10.3 Å². The molecule has 0 spiro atoms. The van der Waals surface area contributed by atoms with Gasteiger partial charge in [-0.2, -0.15) is 0 Å². The lowest BCUT2D eigenvalue weighted by atomic mass is 10.2. The highest BCUT2D eigenvalue weighted by molar-refractivity contribution is 7.13. The van der Waals surface area contributed by atoms with Crippen LogP contribution in [0.1, 0.15) is 30.8 Å². The van der Waals surface area contributed by atoms with Gasteiger partial charge in [-0.05, 0) is 36.9 Å². The van der Waals surface area contributed by atoms with Crippen molar-refractivity contribution in [3.05, 3.63) is 43.5 Å². The minimum atomic E-state index is -0.994. The third kappa shape index (κ3) is 3.99. The van der Waals surface area contributed by atoms with Crippen LogP contribution >= 0.6 is 22.7 Å². The van der Waals surface area contributed by atoms with Crippen LogP contribution in [0.5, 0.6) is 0 Å². The molecule has 0 bridgehead atoms. The molecule has 0 aliphatic carbocycles. The van der Waals surface area contributed by atoms with E-state index in [1.54, 1.807) is 0 Å². The van der Waals surface area contributed by atoms with Crippen LogP contribution in [0.25, 0.3) is 6.08 Å². The number of aryl methyl sites for hydroxylation is 2. The molecule has 0 fully saturated rings. The number of hydrogen-bond donors (Lipinski definition) is 2. The Morgan fingerprint density at radius 1 is 1.43 bits per heavy atom. The molecule has 0 saturated carbocycles. The number of thiazole rings is 1. The van der Waals surface area contributed by atoms with Crippen LogP contribution in [-0.2, 0) is 11.3 Å². The van der Waals surface area contributed by atoms with Crippen molar-refractivity contribution in [2.24, 2.45) is 0 Å². The Labute approximate surface area is 130 Å². The molecule has 21 heavy (non-hydrogen) atoms. The van der Waals surface area contributed by atoms with Gasteiger partial charge in [0.2, 0.25) is 0 Å². The summed E-state index contributed by atoms with van der Waals surface area (Å²) in [5, 5.41) is 14.2. The van der Waals surface area contributed by atoms with Gasteiger partial charge in [-0.3, -0.25) is 4.79 Å². The van der Waals surface area contributed by atoms with Crippen molar-refractivity contribution in [3.63, 3.8) is 0 Å². The molecule has 0 unspecified atom stereocenters. The summed E-state index contributed by atoms with van der Waals surface area (Å²) >= 11 is 2.84. The Balaban J connectivity index is 2.04. The predicted octanol–water partition coefficient (Wildman–Crippen LogP) is 2.85. The quantitative estimate of drug-likeness (QED) is 0.830. The summed E-state index contributed by atoms with van der Waals surface area (Å²) in [6.07, 6.45) is 2.62. The summed E-state index contributed by atoms with van der Waals surface area (Å²) in [6.45, 7) is 4.04. The summed E-state index contributed by atoms with van der Waals surface area (Å²) in [5.41, 5.74) is 1.53. The molecule has 2 heterocycles. The SMILES string of the molecule is Cc1nc(C)c(C(=O)NCc2sccc2/C=C/C(=O)O)s1. The van der Waals surface area contributed by atoms with Crippen molar-refractivity contribution in [3.8, 4) is 0 Å². The molecule has 2 aromatic heterocycles. The molecule has 2 rings (SSSR count). The Hall–Kier alpha value is -1.99. The fourth-order valence-electron chi connectivity index (χ4n) is 1.79. The standard InChI is InChI=1S/C14H14N2O3S2/c1-8-13(21-9(2)16-8)14(19)15-7-11-10(5-6-20-11)3-4-12(17)18/h3-6H,7H2,1-2H3,(H,15,19)(H,17,18)/b4-3+. The van der Waals surface area contributed by atoms with Gasteiger partial charge >= 0.3 is 5.97 Å². The average molecular weight is 322 g/mol. The lowest BCUT2D eigenvalue weighted by Crippen LogP contribution is -2.22. The summed E-state index contributed by atoms with van der Waals surface area (Å²) < 4.78 is 0. The first-order valence-electron chi connectivity index (χ1n) is 6.17. The molecule has 0 saturated heterocycles. The molecular weight excluding hydrogens is 308 g/mol. The van der Waals surface area contributed by atoms with E-state index < -0.39 is 5.97 Å². The second-order valence-corrected chi connectivity index (χ2v) is 6.50. The third-order valence-electron chi connectivity index (χ3n) is 2.70. The number of carboxylic acids is 1. The summed E-state index contributed by atoms with van der Waals surface area (Å²) in [5.74, 6) is -1.15. The number of carbonyl (C=O) groups is 2. The average Bonchev–Trinajstić information content (AvgIpc) is 2.99. The Kier molecular flexibility index (Phi) is 4.87. The number of nitrogens with zero attached hydrogens (tertiary/aromatic N) is 1. The van der Waals surface area contributed by atoms with Gasteiger partial charge in [0, 0.05) is 11.0 Å². The van der Waals surface area contributed by atoms with Crippen LogP contribution in [0.15, 0.2) is 17.5 Å². The van der Waals surface area contributed by atoms with Crippen LogP contribution in [0.3, 0.4) is 0 Å². The minimum Gasteiger partial charge on any atom is -0.478 e. The van der Waals surface area contributed by atoms with E-state index in [4.69, 9.17) is 5.11 Å². The normalized spacial score (nSPS) is 11.0. The van der Waals surface area contributed by atoms with Crippen molar-refractivity contribution in [1.29, 1.82) is 0 Å². The van der Waals surface area contributed by atoms with Crippen LogP contribution in [-0.4, -0.2) is 22.0 Å². The van der Waals surface area contributed by atoms with Gasteiger partial charge in [-0.25, -0.2) is 9.78 Å². The first-order chi connectivity index (χ1) is 9.97. The second kappa shape index (κ2) is 6.64. The van der Waals surface area contributed by atoms with Crippen molar-refractivity contribution < 1.29 is 14.7 Å². The topological polar surface area (TPSA) is 79.3 Å². The molecule has 0 radical (unpaired) electrons. The van der Waals surface area contributed by atoms with Gasteiger partial charge in [0.25, 0.3) is 5.91 Å². The van der Waals surface area contributed by atoms with E-state index in [1.807, 2.05) is 25.3 Å². The van der Waals surface area contributed by atoms with Crippen LogP contribution in [0.4, 0.5) is 0 Å². The molecule has 0 aliphatic heterocycles. The number of carboxylic acid groups (broad SMARTS) is 1.